The zero-order valence-electron chi connectivity index (χ0n) is 12.9. The lowest BCUT2D eigenvalue weighted by molar-refractivity contribution is -0.157. The van der Waals surface area contributed by atoms with Gasteiger partial charge in [0.15, 0.2) is 0 Å². The molecule has 2 amide bonds. The summed E-state index contributed by atoms with van der Waals surface area (Å²) in [5, 5.41) is 9.64. The molecule has 2 saturated carbocycles. The number of nitrogens with zero attached hydrogens (tertiary/aromatic N) is 1. The summed E-state index contributed by atoms with van der Waals surface area (Å²) in [5.74, 6) is -1.11. The lowest BCUT2D eigenvalue weighted by atomic mass is 9.70. The summed E-state index contributed by atoms with van der Waals surface area (Å²) in [5.41, 5.74) is -1.17. The van der Waals surface area contributed by atoms with Crippen molar-refractivity contribution in [2.75, 3.05) is 6.54 Å². The van der Waals surface area contributed by atoms with Crippen LogP contribution in [0.3, 0.4) is 0 Å². The van der Waals surface area contributed by atoms with E-state index in [1.165, 1.54) is 4.90 Å². The van der Waals surface area contributed by atoms with Crippen molar-refractivity contribution in [3.63, 3.8) is 0 Å². The Morgan fingerprint density at radius 3 is 2.10 bits per heavy atom. The zero-order chi connectivity index (χ0) is 15.6. The number of carbonyl (C=O) groups excluding carboxylic acids is 2. The predicted molar refractivity (Wildman–Crippen MR) is 75.2 cm³/mol. The van der Waals surface area contributed by atoms with Crippen molar-refractivity contribution < 1.29 is 19.5 Å². The minimum absolute atomic E-state index is 0.0653. The molecular weight excluding hydrogens is 270 g/mol. The van der Waals surface area contributed by atoms with Gasteiger partial charge in [0, 0.05) is 6.54 Å². The summed E-state index contributed by atoms with van der Waals surface area (Å²) in [6.45, 7) is 6.06. The van der Waals surface area contributed by atoms with Crippen molar-refractivity contribution in [1.82, 2.24) is 4.90 Å². The van der Waals surface area contributed by atoms with Gasteiger partial charge in [-0.05, 0) is 37.0 Å². The lowest BCUT2D eigenvalue weighted by Crippen LogP contribution is -2.49. The summed E-state index contributed by atoms with van der Waals surface area (Å²) < 4.78 is 0. The quantitative estimate of drug-likeness (QED) is 0.807. The highest BCUT2D eigenvalue weighted by Crippen LogP contribution is 2.63. The molecule has 0 aromatic rings. The van der Waals surface area contributed by atoms with E-state index in [0.717, 1.165) is 12.8 Å². The van der Waals surface area contributed by atoms with Crippen LogP contribution in [0.5, 0.6) is 0 Å². The number of fused-ring (bicyclic) bond motifs is 1. The standard InChI is InChI=1S/C16H23NO4/c1-9-4-6-16(7-5-9,14(20)21)8-17-12(18)10-11(13(17)19)15(10,2)3/h9-11H,4-8H2,1-3H3,(H,20,21). The summed E-state index contributed by atoms with van der Waals surface area (Å²) in [6.07, 6.45) is 2.81. The average molecular weight is 293 g/mol. The molecule has 3 fully saturated rings. The fourth-order valence-corrected chi connectivity index (χ4v) is 4.22. The SMILES string of the molecule is CC1CCC(CN2C(=O)C3C(C2=O)C3(C)C)(C(=O)O)CC1. The van der Waals surface area contributed by atoms with Crippen LogP contribution in [0.4, 0.5) is 0 Å². The van der Waals surface area contributed by atoms with E-state index in [1.807, 2.05) is 13.8 Å². The van der Waals surface area contributed by atoms with Gasteiger partial charge in [0.1, 0.15) is 0 Å². The summed E-state index contributed by atoms with van der Waals surface area (Å²) in [6, 6.07) is 0. The summed E-state index contributed by atoms with van der Waals surface area (Å²) >= 11 is 0. The largest absolute Gasteiger partial charge is 0.481 e. The Morgan fingerprint density at radius 1 is 1.19 bits per heavy atom. The lowest BCUT2D eigenvalue weighted by Gasteiger charge is -2.38. The normalized spacial score (nSPS) is 41.1. The predicted octanol–water partition coefficient (Wildman–Crippen LogP) is 1.91. The first-order chi connectivity index (χ1) is 9.70. The minimum atomic E-state index is -0.932. The molecule has 5 nitrogen and oxygen atoms in total. The minimum Gasteiger partial charge on any atom is -0.481 e. The molecule has 2 atom stereocenters. The summed E-state index contributed by atoms with van der Waals surface area (Å²) in [7, 11) is 0. The Bertz CT molecular complexity index is 492. The fourth-order valence-electron chi connectivity index (χ4n) is 4.22. The van der Waals surface area contributed by atoms with Crippen molar-refractivity contribution in [1.29, 1.82) is 0 Å². The number of likely N-dealkylation sites (tertiary alicyclic amines) is 1. The fraction of sp³-hybridized carbons (Fsp3) is 0.812. The highest BCUT2D eigenvalue weighted by molar-refractivity contribution is 6.10. The molecule has 3 rings (SSSR count). The van der Waals surface area contributed by atoms with Gasteiger partial charge in [0.05, 0.1) is 17.3 Å². The number of aliphatic carboxylic acids is 1. The van der Waals surface area contributed by atoms with Crippen LogP contribution in [-0.2, 0) is 14.4 Å². The maximum atomic E-state index is 12.4. The van der Waals surface area contributed by atoms with E-state index in [4.69, 9.17) is 0 Å². The van der Waals surface area contributed by atoms with E-state index in [2.05, 4.69) is 6.92 Å². The number of rotatable bonds is 3. The Hall–Kier alpha value is -1.39. The van der Waals surface area contributed by atoms with E-state index >= 15 is 0 Å². The molecule has 0 radical (unpaired) electrons. The molecule has 0 aromatic heterocycles. The van der Waals surface area contributed by atoms with Crippen LogP contribution in [-0.4, -0.2) is 34.3 Å². The first-order valence-corrected chi connectivity index (χ1v) is 7.79. The average Bonchev–Trinajstić information content (AvgIpc) is 2.88. The number of imide groups is 1. The van der Waals surface area contributed by atoms with E-state index in [0.29, 0.717) is 18.8 Å². The second kappa shape index (κ2) is 4.31. The van der Waals surface area contributed by atoms with Gasteiger partial charge in [0.2, 0.25) is 11.8 Å². The third kappa shape index (κ3) is 1.93. The molecule has 1 aliphatic heterocycles. The number of carboxylic acid groups (broad SMARTS) is 1. The smallest absolute Gasteiger partial charge is 0.311 e. The Labute approximate surface area is 124 Å². The molecule has 21 heavy (non-hydrogen) atoms. The second-order valence-electron chi connectivity index (χ2n) is 7.81. The van der Waals surface area contributed by atoms with Crippen molar-refractivity contribution in [2.24, 2.45) is 28.6 Å². The third-order valence-electron chi connectivity index (χ3n) is 6.04. The summed E-state index contributed by atoms with van der Waals surface area (Å²) in [4.78, 5) is 37.8. The van der Waals surface area contributed by atoms with Gasteiger partial charge < -0.3 is 5.11 Å². The Balaban J connectivity index is 1.78. The molecule has 0 spiro atoms. The number of piperidine rings is 1. The molecule has 2 aliphatic carbocycles. The monoisotopic (exact) mass is 293 g/mol. The number of amides is 2. The molecule has 3 aliphatic rings. The molecule has 5 heteroatoms. The van der Waals surface area contributed by atoms with E-state index < -0.39 is 11.4 Å². The van der Waals surface area contributed by atoms with Crippen molar-refractivity contribution in [2.45, 2.75) is 46.5 Å². The van der Waals surface area contributed by atoms with Gasteiger partial charge in [0.25, 0.3) is 0 Å². The molecule has 1 N–H and O–H groups in total. The van der Waals surface area contributed by atoms with Crippen LogP contribution >= 0.6 is 0 Å². The van der Waals surface area contributed by atoms with Crippen LogP contribution in [0, 0.1) is 28.6 Å². The van der Waals surface area contributed by atoms with Crippen LogP contribution in [0.1, 0.15) is 46.5 Å². The van der Waals surface area contributed by atoms with Crippen molar-refractivity contribution in [3.05, 3.63) is 0 Å². The molecular formula is C16H23NO4. The van der Waals surface area contributed by atoms with Crippen LogP contribution in [0.25, 0.3) is 0 Å². The number of carbonyl (C=O) groups is 3. The van der Waals surface area contributed by atoms with Crippen LogP contribution < -0.4 is 0 Å². The molecule has 0 aromatic carbocycles. The van der Waals surface area contributed by atoms with Crippen LogP contribution in [0.15, 0.2) is 0 Å². The highest BCUT2D eigenvalue weighted by atomic mass is 16.4. The van der Waals surface area contributed by atoms with Gasteiger partial charge in [-0.2, -0.15) is 0 Å². The van der Waals surface area contributed by atoms with Gasteiger partial charge in [-0.3, -0.25) is 19.3 Å². The molecule has 0 bridgehead atoms. The van der Waals surface area contributed by atoms with Gasteiger partial charge in [-0.1, -0.05) is 20.8 Å². The zero-order valence-corrected chi connectivity index (χ0v) is 12.9. The molecule has 1 heterocycles. The number of hydrogen-bond donors (Lipinski definition) is 1. The van der Waals surface area contributed by atoms with Crippen molar-refractivity contribution in [3.8, 4) is 0 Å². The molecule has 1 saturated heterocycles. The topological polar surface area (TPSA) is 74.7 Å². The maximum absolute atomic E-state index is 12.4. The number of carboxylic acids is 1. The highest BCUT2D eigenvalue weighted by Gasteiger charge is 2.72. The molecule has 2 unspecified atom stereocenters. The van der Waals surface area contributed by atoms with Gasteiger partial charge in [-0.25, -0.2) is 0 Å². The van der Waals surface area contributed by atoms with E-state index in [9.17, 15) is 19.5 Å². The Kier molecular flexibility index (Phi) is 2.98. The van der Waals surface area contributed by atoms with E-state index in [-0.39, 0.29) is 35.6 Å². The van der Waals surface area contributed by atoms with Crippen LogP contribution in [0.2, 0.25) is 0 Å². The second-order valence-corrected chi connectivity index (χ2v) is 7.81. The first kappa shape index (κ1) is 14.5. The van der Waals surface area contributed by atoms with E-state index in [1.54, 1.807) is 0 Å². The first-order valence-electron chi connectivity index (χ1n) is 7.79. The van der Waals surface area contributed by atoms with Gasteiger partial charge >= 0.3 is 5.97 Å². The van der Waals surface area contributed by atoms with Gasteiger partial charge in [-0.15, -0.1) is 0 Å². The third-order valence-corrected chi connectivity index (χ3v) is 6.04. The van der Waals surface area contributed by atoms with Crippen molar-refractivity contribution >= 4 is 17.8 Å². The Morgan fingerprint density at radius 2 is 1.67 bits per heavy atom. The maximum Gasteiger partial charge on any atom is 0.311 e. The number of hydrogen-bond acceptors (Lipinski definition) is 3. The molecule has 116 valence electrons.